The number of hydrogen-bond donors (Lipinski definition) is 0. The van der Waals surface area contributed by atoms with Gasteiger partial charge in [0.05, 0.1) is 10.9 Å². The molecule has 0 saturated carbocycles. The van der Waals surface area contributed by atoms with E-state index in [-0.39, 0.29) is 12.1 Å². The van der Waals surface area contributed by atoms with Gasteiger partial charge in [0.2, 0.25) is 0 Å². The molecule has 0 aliphatic carbocycles. The molecule has 0 radical (unpaired) electrons. The maximum absolute atomic E-state index is 11.6. The summed E-state index contributed by atoms with van der Waals surface area (Å²) in [6.45, 7) is 2.15. The molecule has 2 aliphatic heterocycles. The van der Waals surface area contributed by atoms with Crippen LogP contribution in [-0.4, -0.2) is 37.7 Å². The van der Waals surface area contributed by atoms with Crippen LogP contribution in [0.2, 0.25) is 0 Å². The van der Waals surface area contributed by atoms with Crippen LogP contribution in [0.25, 0.3) is 0 Å². The molecule has 0 amide bonds. The molecular formula is C18H25NO3S2. The van der Waals surface area contributed by atoms with Crippen molar-refractivity contribution >= 4 is 27.5 Å². The summed E-state index contributed by atoms with van der Waals surface area (Å²) in [6, 6.07) is 7.18. The van der Waals surface area contributed by atoms with E-state index in [0.29, 0.717) is 10.1 Å². The van der Waals surface area contributed by atoms with Crippen molar-refractivity contribution in [2.75, 3.05) is 12.0 Å². The standard InChI is InChI=1S/C18H25NO3S2/c1-13(17-6-4-12-23-17)22-18-7-3-5-16(19-18)14-8-10-15(11-9-14)24(2,20)21/h8-11,13,16-17H,3-7,12H2,1-2H3/t13-,16?,17?/m0/s1. The molecule has 1 saturated heterocycles. The van der Waals surface area contributed by atoms with E-state index < -0.39 is 9.84 Å². The summed E-state index contributed by atoms with van der Waals surface area (Å²) in [4.78, 5) is 5.15. The van der Waals surface area contributed by atoms with Gasteiger partial charge in [0, 0.05) is 17.9 Å². The molecule has 3 atom stereocenters. The first kappa shape index (κ1) is 17.8. The molecule has 6 heteroatoms. The van der Waals surface area contributed by atoms with Crippen molar-refractivity contribution in [1.82, 2.24) is 0 Å². The van der Waals surface area contributed by atoms with Crippen LogP contribution < -0.4 is 0 Å². The van der Waals surface area contributed by atoms with Crippen molar-refractivity contribution in [3.63, 3.8) is 0 Å². The fourth-order valence-corrected chi connectivity index (χ4v) is 5.21. The fraction of sp³-hybridized carbons (Fsp3) is 0.611. The summed E-state index contributed by atoms with van der Waals surface area (Å²) < 4.78 is 29.3. The fourth-order valence-electron chi connectivity index (χ4n) is 3.28. The van der Waals surface area contributed by atoms with E-state index in [1.165, 1.54) is 24.9 Å². The van der Waals surface area contributed by atoms with Gasteiger partial charge in [-0.1, -0.05) is 12.1 Å². The SMILES string of the molecule is C[C@H](OC1=NC(c2ccc(S(C)(=O)=O)cc2)CCC1)C1CCCS1. The molecule has 2 aliphatic rings. The monoisotopic (exact) mass is 367 g/mol. The lowest BCUT2D eigenvalue weighted by Crippen LogP contribution is -2.26. The Balaban J connectivity index is 1.69. The molecule has 2 heterocycles. The van der Waals surface area contributed by atoms with E-state index in [1.54, 1.807) is 12.1 Å². The molecule has 132 valence electrons. The molecule has 3 rings (SSSR count). The number of thioether (sulfide) groups is 1. The largest absolute Gasteiger partial charge is 0.477 e. The summed E-state index contributed by atoms with van der Waals surface area (Å²) >= 11 is 2.00. The van der Waals surface area contributed by atoms with Gasteiger partial charge in [0.15, 0.2) is 15.7 Å². The average molecular weight is 368 g/mol. The summed E-state index contributed by atoms with van der Waals surface area (Å²) in [5.41, 5.74) is 1.06. The second-order valence-corrected chi connectivity index (χ2v) is 10.0. The number of aliphatic imine (C=N–C) groups is 1. The van der Waals surface area contributed by atoms with Crippen LogP contribution in [0.4, 0.5) is 0 Å². The van der Waals surface area contributed by atoms with E-state index in [1.807, 2.05) is 23.9 Å². The lowest BCUT2D eigenvalue weighted by molar-refractivity contribution is 0.191. The Bertz CT molecular complexity index is 691. The highest BCUT2D eigenvalue weighted by atomic mass is 32.2. The third-order valence-corrected chi connectivity index (χ3v) is 7.37. The van der Waals surface area contributed by atoms with Gasteiger partial charge in [0.1, 0.15) is 6.10 Å². The number of ether oxygens (including phenoxy) is 1. The Labute approximate surface area is 149 Å². The molecule has 4 nitrogen and oxygen atoms in total. The van der Waals surface area contributed by atoms with Crippen LogP contribution in [0.15, 0.2) is 34.2 Å². The number of rotatable bonds is 4. The Kier molecular flexibility index (Phi) is 5.55. The van der Waals surface area contributed by atoms with Crippen LogP contribution in [0.5, 0.6) is 0 Å². The van der Waals surface area contributed by atoms with Crippen molar-refractivity contribution < 1.29 is 13.2 Å². The molecule has 0 bridgehead atoms. The molecule has 2 unspecified atom stereocenters. The Morgan fingerprint density at radius 3 is 2.58 bits per heavy atom. The average Bonchev–Trinajstić information content (AvgIpc) is 3.09. The smallest absolute Gasteiger partial charge is 0.184 e. The normalized spacial score (nSPS) is 26.0. The third kappa shape index (κ3) is 4.33. The van der Waals surface area contributed by atoms with Gasteiger partial charge in [-0.25, -0.2) is 13.4 Å². The quantitative estimate of drug-likeness (QED) is 0.807. The number of benzene rings is 1. The van der Waals surface area contributed by atoms with Crippen LogP contribution >= 0.6 is 11.8 Å². The highest BCUT2D eigenvalue weighted by Crippen LogP contribution is 2.33. The zero-order chi connectivity index (χ0) is 17.2. The second kappa shape index (κ2) is 7.48. The molecule has 1 aromatic carbocycles. The van der Waals surface area contributed by atoms with Gasteiger partial charge in [-0.2, -0.15) is 11.8 Å². The van der Waals surface area contributed by atoms with E-state index >= 15 is 0 Å². The Morgan fingerprint density at radius 2 is 1.96 bits per heavy atom. The molecule has 1 fully saturated rings. The van der Waals surface area contributed by atoms with Crippen molar-refractivity contribution in [2.45, 2.75) is 61.3 Å². The predicted octanol–water partition coefficient (Wildman–Crippen LogP) is 4.01. The zero-order valence-corrected chi connectivity index (χ0v) is 15.9. The maximum Gasteiger partial charge on any atom is 0.184 e. The van der Waals surface area contributed by atoms with Gasteiger partial charge in [0.25, 0.3) is 0 Å². The van der Waals surface area contributed by atoms with Crippen LogP contribution in [-0.2, 0) is 14.6 Å². The van der Waals surface area contributed by atoms with E-state index in [2.05, 4.69) is 6.92 Å². The van der Waals surface area contributed by atoms with Gasteiger partial charge in [-0.05, 0) is 56.1 Å². The molecule has 24 heavy (non-hydrogen) atoms. The summed E-state index contributed by atoms with van der Waals surface area (Å²) in [6.07, 6.45) is 6.90. The number of hydrogen-bond acceptors (Lipinski definition) is 5. The van der Waals surface area contributed by atoms with Crippen molar-refractivity contribution in [3.8, 4) is 0 Å². The molecular weight excluding hydrogens is 342 g/mol. The number of nitrogens with zero attached hydrogens (tertiary/aromatic N) is 1. The first-order valence-electron chi connectivity index (χ1n) is 8.58. The zero-order valence-electron chi connectivity index (χ0n) is 14.3. The van der Waals surface area contributed by atoms with E-state index in [4.69, 9.17) is 9.73 Å². The first-order valence-corrected chi connectivity index (χ1v) is 11.5. The van der Waals surface area contributed by atoms with E-state index in [9.17, 15) is 8.42 Å². The molecule has 0 spiro atoms. The second-order valence-electron chi connectivity index (χ2n) is 6.65. The molecule has 0 N–H and O–H groups in total. The van der Waals surface area contributed by atoms with Gasteiger partial charge >= 0.3 is 0 Å². The minimum Gasteiger partial charge on any atom is -0.477 e. The lowest BCUT2D eigenvalue weighted by atomic mass is 9.99. The van der Waals surface area contributed by atoms with E-state index in [0.717, 1.165) is 30.7 Å². The van der Waals surface area contributed by atoms with Crippen LogP contribution in [0.3, 0.4) is 0 Å². The summed E-state index contributed by atoms with van der Waals surface area (Å²) in [5.74, 6) is 2.10. The molecule has 1 aromatic rings. The minimum atomic E-state index is -3.15. The highest BCUT2D eigenvalue weighted by molar-refractivity contribution is 8.00. The van der Waals surface area contributed by atoms with Crippen LogP contribution in [0.1, 0.15) is 50.6 Å². The minimum absolute atomic E-state index is 0.0748. The van der Waals surface area contributed by atoms with Crippen molar-refractivity contribution in [3.05, 3.63) is 29.8 Å². The summed E-state index contributed by atoms with van der Waals surface area (Å²) in [7, 11) is -3.15. The maximum atomic E-state index is 11.6. The third-order valence-electron chi connectivity index (χ3n) is 4.67. The molecule has 0 aromatic heterocycles. The van der Waals surface area contributed by atoms with Gasteiger partial charge in [-0.3, -0.25) is 0 Å². The highest BCUT2D eigenvalue weighted by Gasteiger charge is 2.26. The van der Waals surface area contributed by atoms with Crippen molar-refractivity contribution in [1.29, 1.82) is 0 Å². The predicted molar refractivity (Wildman–Crippen MR) is 99.6 cm³/mol. The number of sulfone groups is 1. The van der Waals surface area contributed by atoms with Gasteiger partial charge in [-0.15, -0.1) is 0 Å². The first-order chi connectivity index (χ1) is 11.4. The Morgan fingerprint density at radius 1 is 1.21 bits per heavy atom. The van der Waals surface area contributed by atoms with Gasteiger partial charge < -0.3 is 4.74 Å². The van der Waals surface area contributed by atoms with Crippen molar-refractivity contribution in [2.24, 2.45) is 4.99 Å². The topological polar surface area (TPSA) is 55.7 Å². The summed E-state index contributed by atoms with van der Waals surface area (Å²) in [5, 5.41) is 0.585. The Hall–Kier alpha value is -1.01. The van der Waals surface area contributed by atoms with Crippen LogP contribution in [0, 0.1) is 0 Å². The lowest BCUT2D eigenvalue weighted by Gasteiger charge is -2.25.